The Labute approximate surface area is 107 Å². The molecular formula is C14H18N4. The Morgan fingerprint density at radius 1 is 1.28 bits per heavy atom. The van der Waals surface area contributed by atoms with Crippen molar-refractivity contribution in [2.45, 2.75) is 6.42 Å². The molecule has 0 atom stereocenters. The number of aliphatic imine (C=N–C) groups is 1. The molecule has 2 aromatic rings. The summed E-state index contributed by atoms with van der Waals surface area (Å²) in [5, 5.41) is 0. The summed E-state index contributed by atoms with van der Waals surface area (Å²) in [6.07, 6.45) is 6.34. The molecule has 1 aromatic heterocycles. The van der Waals surface area contributed by atoms with Gasteiger partial charge in [-0.3, -0.25) is 4.99 Å². The number of imidazole rings is 1. The van der Waals surface area contributed by atoms with Crippen molar-refractivity contribution in [3.8, 4) is 0 Å². The molecule has 18 heavy (non-hydrogen) atoms. The molecule has 0 spiro atoms. The minimum absolute atomic E-state index is 0.775. The van der Waals surface area contributed by atoms with E-state index in [2.05, 4.69) is 44.1 Å². The average Bonchev–Trinajstić information content (AvgIpc) is 2.88. The molecule has 0 unspecified atom stereocenters. The highest BCUT2D eigenvalue weighted by Gasteiger charge is 1.94. The monoisotopic (exact) mass is 242 g/mol. The van der Waals surface area contributed by atoms with Gasteiger partial charge in [-0.05, 0) is 17.7 Å². The highest BCUT2D eigenvalue weighted by molar-refractivity contribution is 5.80. The number of anilines is 1. The summed E-state index contributed by atoms with van der Waals surface area (Å²) in [7, 11) is 4.07. The minimum atomic E-state index is 0.775. The van der Waals surface area contributed by atoms with Gasteiger partial charge in [0.15, 0.2) is 0 Å². The van der Waals surface area contributed by atoms with Crippen LogP contribution in [0.25, 0.3) is 0 Å². The van der Waals surface area contributed by atoms with E-state index in [0.717, 1.165) is 24.2 Å². The second-order valence-corrected chi connectivity index (χ2v) is 4.35. The first-order valence-electron chi connectivity index (χ1n) is 6.00. The van der Waals surface area contributed by atoms with E-state index < -0.39 is 0 Å². The van der Waals surface area contributed by atoms with Gasteiger partial charge < -0.3 is 9.88 Å². The van der Waals surface area contributed by atoms with Crippen molar-refractivity contribution in [3.63, 3.8) is 0 Å². The summed E-state index contributed by atoms with van der Waals surface area (Å²) in [5.74, 6) is 0. The van der Waals surface area contributed by atoms with Crippen LogP contribution in [0, 0.1) is 0 Å². The van der Waals surface area contributed by atoms with E-state index in [1.165, 1.54) is 5.69 Å². The standard InChI is InChI=1S/C14H18N4/c1-18(2)14-5-3-12(4-6-14)9-15-8-7-13-10-16-11-17-13/h3-6,9-11H,7-8H2,1-2H3,(H,16,17). The number of aromatic amines is 1. The van der Waals surface area contributed by atoms with Crippen LogP contribution < -0.4 is 4.90 Å². The first kappa shape index (κ1) is 12.4. The SMILES string of the molecule is CN(C)c1ccc(C=NCCc2cnc[nH]2)cc1. The van der Waals surface area contributed by atoms with Gasteiger partial charge in [-0.25, -0.2) is 4.98 Å². The van der Waals surface area contributed by atoms with Crippen LogP contribution in [-0.4, -0.2) is 36.8 Å². The number of nitrogens with one attached hydrogen (secondary N) is 1. The van der Waals surface area contributed by atoms with Crippen LogP contribution in [0.5, 0.6) is 0 Å². The Kier molecular flexibility index (Phi) is 4.12. The second kappa shape index (κ2) is 6.00. The molecule has 0 saturated carbocycles. The number of rotatable bonds is 5. The van der Waals surface area contributed by atoms with E-state index in [1.807, 2.05) is 26.5 Å². The van der Waals surface area contributed by atoms with Crippen molar-refractivity contribution >= 4 is 11.9 Å². The Morgan fingerprint density at radius 3 is 2.67 bits per heavy atom. The molecule has 0 amide bonds. The number of hydrogen-bond acceptors (Lipinski definition) is 3. The van der Waals surface area contributed by atoms with Crippen LogP contribution in [0.4, 0.5) is 5.69 Å². The topological polar surface area (TPSA) is 44.3 Å². The van der Waals surface area contributed by atoms with E-state index >= 15 is 0 Å². The maximum absolute atomic E-state index is 4.40. The van der Waals surface area contributed by atoms with Gasteiger partial charge in [0.05, 0.1) is 6.33 Å². The summed E-state index contributed by atoms with van der Waals surface area (Å²) in [4.78, 5) is 13.5. The summed E-state index contributed by atoms with van der Waals surface area (Å²) in [6.45, 7) is 0.775. The van der Waals surface area contributed by atoms with Crippen LogP contribution in [-0.2, 0) is 6.42 Å². The maximum Gasteiger partial charge on any atom is 0.0921 e. The molecule has 0 saturated heterocycles. The van der Waals surface area contributed by atoms with Crippen LogP contribution >= 0.6 is 0 Å². The lowest BCUT2D eigenvalue weighted by atomic mass is 10.2. The third-order valence-corrected chi connectivity index (χ3v) is 2.71. The third kappa shape index (κ3) is 3.45. The molecule has 0 aliphatic carbocycles. The fraction of sp³-hybridized carbons (Fsp3) is 0.286. The molecule has 1 aromatic carbocycles. The normalized spacial score (nSPS) is 11.0. The van der Waals surface area contributed by atoms with Gasteiger partial charge in [0.25, 0.3) is 0 Å². The number of hydrogen-bond donors (Lipinski definition) is 1. The summed E-state index contributed by atoms with van der Waals surface area (Å²) >= 11 is 0. The van der Waals surface area contributed by atoms with Crippen molar-refractivity contribution in [2.24, 2.45) is 4.99 Å². The lowest BCUT2D eigenvalue weighted by Gasteiger charge is -2.11. The van der Waals surface area contributed by atoms with Gasteiger partial charge in [-0.15, -0.1) is 0 Å². The lowest BCUT2D eigenvalue weighted by molar-refractivity contribution is 0.939. The van der Waals surface area contributed by atoms with Gasteiger partial charge in [0.1, 0.15) is 0 Å². The van der Waals surface area contributed by atoms with Crippen LogP contribution in [0.15, 0.2) is 41.8 Å². The average molecular weight is 242 g/mol. The van der Waals surface area contributed by atoms with E-state index in [9.17, 15) is 0 Å². The van der Waals surface area contributed by atoms with Crippen LogP contribution in [0.2, 0.25) is 0 Å². The molecule has 0 bridgehead atoms. The smallest absolute Gasteiger partial charge is 0.0921 e. The van der Waals surface area contributed by atoms with Crippen molar-refractivity contribution in [3.05, 3.63) is 48.0 Å². The molecule has 94 valence electrons. The van der Waals surface area contributed by atoms with Gasteiger partial charge >= 0.3 is 0 Å². The number of benzene rings is 1. The minimum Gasteiger partial charge on any atom is -0.378 e. The lowest BCUT2D eigenvalue weighted by Crippen LogP contribution is -2.08. The third-order valence-electron chi connectivity index (χ3n) is 2.71. The van der Waals surface area contributed by atoms with E-state index in [1.54, 1.807) is 6.33 Å². The molecule has 0 fully saturated rings. The van der Waals surface area contributed by atoms with E-state index in [-0.39, 0.29) is 0 Å². The van der Waals surface area contributed by atoms with E-state index in [4.69, 9.17) is 0 Å². The maximum atomic E-state index is 4.40. The highest BCUT2D eigenvalue weighted by Crippen LogP contribution is 2.10. The molecule has 4 nitrogen and oxygen atoms in total. The van der Waals surface area contributed by atoms with Crippen LogP contribution in [0.3, 0.4) is 0 Å². The van der Waals surface area contributed by atoms with Gasteiger partial charge in [-0.2, -0.15) is 0 Å². The Balaban J connectivity index is 1.85. The molecule has 0 aliphatic rings. The molecule has 1 heterocycles. The molecule has 0 aliphatic heterocycles. The van der Waals surface area contributed by atoms with Crippen LogP contribution in [0.1, 0.15) is 11.3 Å². The Hall–Kier alpha value is -2.10. The highest BCUT2D eigenvalue weighted by atomic mass is 15.1. The predicted octanol–water partition coefficient (Wildman–Crippen LogP) is 2.14. The molecule has 1 N–H and O–H groups in total. The first-order valence-corrected chi connectivity index (χ1v) is 6.00. The summed E-state index contributed by atoms with van der Waals surface area (Å²) in [5.41, 5.74) is 3.45. The molecule has 2 rings (SSSR count). The fourth-order valence-electron chi connectivity index (χ4n) is 1.63. The molecule has 4 heteroatoms. The number of aromatic nitrogens is 2. The molecule has 0 radical (unpaired) electrons. The molecular weight excluding hydrogens is 224 g/mol. The zero-order valence-electron chi connectivity index (χ0n) is 10.8. The number of nitrogens with zero attached hydrogens (tertiary/aromatic N) is 3. The van der Waals surface area contributed by atoms with Gasteiger partial charge in [0.2, 0.25) is 0 Å². The second-order valence-electron chi connectivity index (χ2n) is 4.35. The Bertz CT molecular complexity index is 483. The Morgan fingerprint density at radius 2 is 2.06 bits per heavy atom. The van der Waals surface area contributed by atoms with Crippen molar-refractivity contribution in [1.82, 2.24) is 9.97 Å². The van der Waals surface area contributed by atoms with Crippen molar-refractivity contribution < 1.29 is 0 Å². The quantitative estimate of drug-likeness (QED) is 0.816. The predicted molar refractivity (Wildman–Crippen MR) is 75.5 cm³/mol. The first-order chi connectivity index (χ1) is 8.75. The zero-order valence-corrected chi connectivity index (χ0v) is 10.8. The largest absolute Gasteiger partial charge is 0.378 e. The zero-order chi connectivity index (χ0) is 12.8. The number of H-pyrrole nitrogens is 1. The summed E-state index contributed by atoms with van der Waals surface area (Å²) in [6, 6.07) is 8.34. The fourth-order valence-corrected chi connectivity index (χ4v) is 1.63. The van der Waals surface area contributed by atoms with Crippen molar-refractivity contribution in [1.29, 1.82) is 0 Å². The van der Waals surface area contributed by atoms with Gasteiger partial charge in [-0.1, -0.05) is 12.1 Å². The summed E-state index contributed by atoms with van der Waals surface area (Å²) < 4.78 is 0. The van der Waals surface area contributed by atoms with Gasteiger partial charge in [0, 0.05) is 50.9 Å². The van der Waals surface area contributed by atoms with Crippen molar-refractivity contribution in [2.75, 3.05) is 25.5 Å². The van der Waals surface area contributed by atoms with E-state index in [0.29, 0.717) is 0 Å².